The van der Waals surface area contributed by atoms with E-state index in [2.05, 4.69) is 24.1 Å². The van der Waals surface area contributed by atoms with Crippen molar-refractivity contribution in [1.82, 2.24) is 10.2 Å². The van der Waals surface area contributed by atoms with Crippen molar-refractivity contribution in [2.24, 2.45) is 0 Å². The lowest BCUT2D eigenvalue weighted by molar-refractivity contribution is -0.126. The summed E-state index contributed by atoms with van der Waals surface area (Å²) in [4.78, 5) is 14.7. The van der Waals surface area contributed by atoms with E-state index in [0.29, 0.717) is 6.04 Å². The first kappa shape index (κ1) is 15.8. The van der Waals surface area contributed by atoms with Crippen LogP contribution in [0.5, 0.6) is 0 Å². The molecule has 0 aromatic heterocycles. The van der Waals surface area contributed by atoms with E-state index in [-0.39, 0.29) is 18.1 Å². The fraction of sp³-hybridized carbons (Fsp3) is 0.938. The Morgan fingerprint density at radius 2 is 1.95 bits per heavy atom. The van der Waals surface area contributed by atoms with Crippen molar-refractivity contribution in [3.8, 4) is 0 Å². The maximum absolute atomic E-state index is 12.4. The van der Waals surface area contributed by atoms with Gasteiger partial charge in [0.05, 0.1) is 18.8 Å². The molecule has 1 N–H and O–H groups in total. The lowest BCUT2D eigenvalue weighted by atomic mass is 9.95. The number of carbonyl (C=O) groups excluding carboxylic acids is 1. The van der Waals surface area contributed by atoms with E-state index in [4.69, 9.17) is 4.74 Å². The van der Waals surface area contributed by atoms with E-state index < -0.39 is 0 Å². The van der Waals surface area contributed by atoms with Crippen LogP contribution in [0.2, 0.25) is 0 Å². The van der Waals surface area contributed by atoms with E-state index in [0.717, 1.165) is 45.4 Å². The van der Waals surface area contributed by atoms with E-state index >= 15 is 0 Å². The minimum Gasteiger partial charge on any atom is -0.377 e. The van der Waals surface area contributed by atoms with Crippen molar-refractivity contribution in [3.05, 3.63) is 0 Å². The summed E-state index contributed by atoms with van der Waals surface area (Å²) in [5.41, 5.74) is 0. The summed E-state index contributed by atoms with van der Waals surface area (Å²) < 4.78 is 5.61. The molecule has 2 fully saturated rings. The molecule has 0 aromatic rings. The van der Waals surface area contributed by atoms with E-state index in [9.17, 15) is 4.79 Å². The van der Waals surface area contributed by atoms with Gasteiger partial charge in [-0.3, -0.25) is 9.69 Å². The van der Waals surface area contributed by atoms with Crippen LogP contribution in [0, 0.1) is 0 Å². The molecule has 2 rings (SSSR count). The minimum absolute atomic E-state index is 0.0766. The Kier molecular flexibility index (Phi) is 6.30. The van der Waals surface area contributed by atoms with Crippen LogP contribution in [0.15, 0.2) is 0 Å². The SMILES string of the molecule is CC(C)OCCN1CCC[C@@H]1C(=O)NC1CCCCC1. The summed E-state index contributed by atoms with van der Waals surface area (Å²) in [5, 5.41) is 3.27. The Labute approximate surface area is 123 Å². The second-order valence-electron chi connectivity index (χ2n) is 6.46. The highest BCUT2D eigenvalue weighted by molar-refractivity contribution is 5.82. The van der Waals surface area contributed by atoms with Crippen molar-refractivity contribution >= 4 is 5.91 Å². The zero-order valence-corrected chi connectivity index (χ0v) is 13.1. The summed E-state index contributed by atoms with van der Waals surface area (Å²) in [6.07, 6.45) is 8.58. The van der Waals surface area contributed by atoms with Crippen molar-refractivity contribution in [2.45, 2.75) is 77.0 Å². The topological polar surface area (TPSA) is 41.6 Å². The van der Waals surface area contributed by atoms with E-state index in [1.807, 2.05) is 0 Å². The third-order valence-corrected chi connectivity index (χ3v) is 4.45. The van der Waals surface area contributed by atoms with Crippen LogP contribution in [0.1, 0.15) is 58.8 Å². The van der Waals surface area contributed by atoms with Gasteiger partial charge in [0.25, 0.3) is 0 Å². The van der Waals surface area contributed by atoms with Gasteiger partial charge in [0.15, 0.2) is 0 Å². The molecule has 1 atom stereocenters. The molecule has 0 aromatic carbocycles. The van der Waals surface area contributed by atoms with Gasteiger partial charge in [0, 0.05) is 12.6 Å². The zero-order valence-electron chi connectivity index (χ0n) is 13.1. The van der Waals surface area contributed by atoms with Crippen LogP contribution in [0.4, 0.5) is 0 Å². The largest absolute Gasteiger partial charge is 0.377 e. The maximum Gasteiger partial charge on any atom is 0.237 e. The molecule has 0 spiro atoms. The lowest BCUT2D eigenvalue weighted by Crippen LogP contribution is -2.48. The third-order valence-electron chi connectivity index (χ3n) is 4.45. The van der Waals surface area contributed by atoms with Crippen molar-refractivity contribution in [3.63, 3.8) is 0 Å². The average Bonchev–Trinajstić information content (AvgIpc) is 2.88. The number of amides is 1. The van der Waals surface area contributed by atoms with E-state index in [1.165, 1.54) is 19.3 Å². The van der Waals surface area contributed by atoms with Crippen LogP contribution >= 0.6 is 0 Å². The number of rotatable bonds is 6. The fourth-order valence-corrected chi connectivity index (χ4v) is 3.34. The Morgan fingerprint density at radius 1 is 1.20 bits per heavy atom. The minimum atomic E-state index is 0.0766. The van der Waals surface area contributed by atoms with Crippen LogP contribution in [-0.2, 0) is 9.53 Å². The summed E-state index contributed by atoms with van der Waals surface area (Å²) in [7, 11) is 0. The quantitative estimate of drug-likeness (QED) is 0.813. The van der Waals surface area contributed by atoms with Crippen molar-refractivity contribution in [1.29, 1.82) is 0 Å². The highest BCUT2D eigenvalue weighted by Gasteiger charge is 2.31. The Morgan fingerprint density at radius 3 is 2.65 bits per heavy atom. The maximum atomic E-state index is 12.4. The molecule has 1 saturated heterocycles. The van der Waals surface area contributed by atoms with Crippen molar-refractivity contribution < 1.29 is 9.53 Å². The Balaban J connectivity index is 1.75. The molecule has 0 unspecified atom stereocenters. The Hall–Kier alpha value is -0.610. The number of hydrogen-bond donors (Lipinski definition) is 1. The first-order valence-electron chi connectivity index (χ1n) is 8.33. The van der Waals surface area contributed by atoms with Gasteiger partial charge in [-0.05, 0) is 46.1 Å². The molecule has 20 heavy (non-hydrogen) atoms. The molecular weight excluding hydrogens is 252 g/mol. The molecule has 1 heterocycles. The van der Waals surface area contributed by atoms with Gasteiger partial charge in [0.1, 0.15) is 0 Å². The van der Waals surface area contributed by atoms with Gasteiger partial charge >= 0.3 is 0 Å². The van der Waals surface area contributed by atoms with Gasteiger partial charge in [-0.1, -0.05) is 19.3 Å². The van der Waals surface area contributed by atoms with Gasteiger partial charge in [-0.15, -0.1) is 0 Å². The summed E-state index contributed by atoms with van der Waals surface area (Å²) in [6.45, 7) is 6.74. The smallest absolute Gasteiger partial charge is 0.237 e. The van der Waals surface area contributed by atoms with E-state index in [1.54, 1.807) is 0 Å². The summed E-state index contributed by atoms with van der Waals surface area (Å²) in [6, 6.07) is 0.498. The standard InChI is InChI=1S/C16H30N2O2/c1-13(2)20-12-11-18-10-6-9-15(18)16(19)17-14-7-4-3-5-8-14/h13-15H,3-12H2,1-2H3,(H,17,19)/t15-/m1/s1. The lowest BCUT2D eigenvalue weighted by Gasteiger charge is -2.28. The normalized spacial score (nSPS) is 25.2. The van der Waals surface area contributed by atoms with Gasteiger partial charge in [-0.2, -0.15) is 0 Å². The monoisotopic (exact) mass is 282 g/mol. The highest BCUT2D eigenvalue weighted by atomic mass is 16.5. The van der Waals surface area contributed by atoms with Gasteiger partial charge < -0.3 is 10.1 Å². The van der Waals surface area contributed by atoms with Crippen LogP contribution < -0.4 is 5.32 Å². The summed E-state index contributed by atoms with van der Waals surface area (Å²) >= 11 is 0. The first-order valence-corrected chi connectivity index (χ1v) is 8.33. The first-order chi connectivity index (χ1) is 9.66. The third kappa shape index (κ3) is 4.74. The number of ether oxygens (including phenoxy) is 1. The molecule has 1 aliphatic heterocycles. The molecule has 116 valence electrons. The second-order valence-corrected chi connectivity index (χ2v) is 6.46. The van der Waals surface area contributed by atoms with Gasteiger partial charge in [-0.25, -0.2) is 0 Å². The Bertz CT molecular complexity index is 301. The van der Waals surface area contributed by atoms with Crippen LogP contribution in [0.25, 0.3) is 0 Å². The molecule has 1 saturated carbocycles. The molecular formula is C16H30N2O2. The van der Waals surface area contributed by atoms with Crippen molar-refractivity contribution in [2.75, 3.05) is 19.7 Å². The predicted octanol–water partition coefficient (Wildman–Crippen LogP) is 2.32. The summed E-state index contributed by atoms with van der Waals surface area (Å²) in [5.74, 6) is 0.249. The number of nitrogens with zero attached hydrogens (tertiary/aromatic N) is 1. The molecule has 0 radical (unpaired) electrons. The van der Waals surface area contributed by atoms with Gasteiger partial charge in [0.2, 0.25) is 5.91 Å². The second kappa shape index (κ2) is 7.99. The zero-order chi connectivity index (χ0) is 14.4. The number of likely N-dealkylation sites (tertiary alicyclic amines) is 1. The predicted molar refractivity (Wildman–Crippen MR) is 80.7 cm³/mol. The van der Waals surface area contributed by atoms with Crippen LogP contribution in [0.3, 0.4) is 0 Å². The molecule has 2 aliphatic rings. The number of carbonyl (C=O) groups is 1. The fourth-order valence-electron chi connectivity index (χ4n) is 3.34. The molecule has 4 heteroatoms. The highest BCUT2D eigenvalue weighted by Crippen LogP contribution is 2.20. The van der Waals surface area contributed by atoms with Crippen LogP contribution in [-0.4, -0.2) is 48.7 Å². The average molecular weight is 282 g/mol. The molecule has 4 nitrogen and oxygen atoms in total. The number of hydrogen-bond acceptors (Lipinski definition) is 3. The molecule has 1 aliphatic carbocycles. The number of nitrogens with one attached hydrogen (secondary N) is 1. The molecule has 0 bridgehead atoms. The molecule has 1 amide bonds.